The van der Waals surface area contributed by atoms with E-state index in [0.717, 1.165) is 18.6 Å². The Hall–Kier alpha value is -1.49. The van der Waals surface area contributed by atoms with Gasteiger partial charge in [0.25, 0.3) is 0 Å². The van der Waals surface area contributed by atoms with Gasteiger partial charge < -0.3 is 20.3 Å². The lowest BCUT2D eigenvalue weighted by Gasteiger charge is -2.19. The number of amides is 1. The minimum atomic E-state index is -0.901. The molecule has 0 saturated carbocycles. The number of rotatable bonds is 9. The number of nitrogens with zero attached hydrogens (tertiary/aromatic N) is 2. The number of guanidine groups is 1. The number of carbonyl (C=O) groups is 1. The van der Waals surface area contributed by atoms with Crippen LogP contribution in [0.2, 0.25) is 0 Å². The van der Waals surface area contributed by atoms with E-state index in [1.54, 1.807) is 21.0 Å². The highest BCUT2D eigenvalue weighted by Gasteiger charge is 2.12. The van der Waals surface area contributed by atoms with E-state index in [9.17, 15) is 13.6 Å². The Bertz CT molecular complexity index is 615. The normalized spacial score (nSPS) is 12.1. The molecule has 0 spiro atoms. The van der Waals surface area contributed by atoms with E-state index in [-0.39, 0.29) is 42.5 Å². The van der Waals surface area contributed by atoms with E-state index in [1.807, 2.05) is 6.92 Å². The van der Waals surface area contributed by atoms with Gasteiger partial charge in [-0.3, -0.25) is 4.79 Å². The van der Waals surface area contributed by atoms with Gasteiger partial charge in [-0.1, -0.05) is 6.07 Å². The fourth-order valence-electron chi connectivity index (χ4n) is 2.04. The molecule has 1 aromatic rings. The van der Waals surface area contributed by atoms with Crippen LogP contribution >= 0.6 is 24.0 Å². The monoisotopic (exact) mass is 498 g/mol. The van der Waals surface area contributed by atoms with Crippen LogP contribution in [0.25, 0.3) is 0 Å². The number of likely N-dealkylation sites (N-methyl/N-ethyl adjacent to an activating group) is 1. The van der Waals surface area contributed by atoms with Crippen molar-refractivity contribution in [3.8, 4) is 0 Å². The standard InChI is InChI=1S/C18H28F2N4O2.HI/c1-5-26-10-6-9-21-18(22-12-17(25)24(3)4)23-13(2)14-7-8-15(19)16(20)11-14;/h7-8,11,13H,5-6,9-10,12H2,1-4H3,(H2,21,22,23);1H. The second-order valence-electron chi connectivity index (χ2n) is 5.97. The maximum absolute atomic E-state index is 13.4. The van der Waals surface area contributed by atoms with Gasteiger partial charge in [-0.2, -0.15) is 0 Å². The number of halogens is 3. The molecule has 0 aliphatic rings. The van der Waals surface area contributed by atoms with Gasteiger partial charge in [-0.25, -0.2) is 13.8 Å². The summed E-state index contributed by atoms with van der Waals surface area (Å²) >= 11 is 0. The van der Waals surface area contributed by atoms with Crippen molar-refractivity contribution in [3.05, 3.63) is 35.4 Å². The first-order valence-corrected chi connectivity index (χ1v) is 8.62. The van der Waals surface area contributed by atoms with Gasteiger partial charge in [0, 0.05) is 33.9 Å². The molecule has 154 valence electrons. The van der Waals surface area contributed by atoms with Crippen LogP contribution in [0.3, 0.4) is 0 Å². The zero-order valence-electron chi connectivity index (χ0n) is 16.2. The maximum Gasteiger partial charge on any atom is 0.243 e. The third-order valence-corrected chi connectivity index (χ3v) is 3.63. The highest BCUT2D eigenvalue weighted by Crippen LogP contribution is 2.15. The number of ether oxygens (including phenoxy) is 1. The summed E-state index contributed by atoms with van der Waals surface area (Å²) in [5.74, 6) is -1.50. The van der Waals surface area contributed by atoms with Crippen LogP contribution in [-0.2, 0) is 9.53 Å². The van der Waals surface area contributed by atoms with Crippen molar-refractivity contribution in [2.24, 2.45) is 4.99 Å². The molecule has 1 amide bonds. The Morgan fingerprint density at radius 2 is 2.00 bits per heavy atom. The average Bonchev–Trinajstić information content (AvgIpc) is 2.60. The lowest BCUT2D eigenvalue weighted by atomic mass is 10.1. The Labute approximate surface area is 176 Å². The number of carbonyl (C=O) groups excluding carboxylic acids is 1. The van der Waals surface area contributed by atoms with E-state index >= 15 is 0 Å². The molecule has 0 aliphatic carbocycles. The van der Waals surface area contributed by atoms with Crippen molar-refractivity contribution in [1.82, 2.24) is 15.5 Å². The Morgan fingerprint density at radius 3 is 2.59 bits per heavy atom. The van der Waals surface area contributed by atoms with Crippen molar-refractivity contribution in [2.45, 2.75) is 26.3 Å². The van der Waals surface area contributed by atoms with Crippen molar-refractivity contribution < 1.29 is 18.3 Å². The summed E-state index contributed by atoms with van der Waals surface area (Å²) in [7, 11) is 3.31. The molecule has 0 radical (unpaired) electrons. The highest BCUT2D eigenvalue weighted by atomic mass is 127. The van der Waals surface area contributed by atoms with Crippen molar-refractivity contribution in [3.63, 3.8) is 0 Å². The molecule has 1 unspecified atom stereocenters. The first kappa shape index (κ1) is 25.5. The minimum Gasteiger partial charge on any atom is -0.382 e. The van der Waals surface area contributed by atoms with Crippen molar-refractivity contribution in [2.75, 3.05) is 40.4 Å². The Morgan fingerprint density at radius 1 is 1.30 bits per heavy atom. The number of nitrogens with one attached hydrogen (secondary N) is 2. The van der Waals surface area contributed by atoms with Gasteiger partial charge in [0.15, 0.2) is 17.6 Å². The van der Waals surface area contributed by atoms with Crippen LogP contribution in [0.5, 0.6) is 0 Å². The molecule has 6 nitrogen and oxygen atoms in total. The molecule has 27 heavy (non-hydrogen) atoms. The zero-order valence-corrected chi connectivity index (χ0v) is 18.6. The average molecular weight is 498 g/mol. The van der Waals surface area contributed by atoms with Gasteiger partial charge >= 0.3 is 0 Å². The number of aliphatic imine (C=N–C) groups is 1. The van der Waals surface area contributed by atoms with Gasteiger partial charge in [-0.05, 0) is 38.0 Å². The largest absolute Gasteiger partial charge is 0.382 e. The summed E-state index contributed by atoms with van der Waals surface area (Å²) in [6.45, 7) is 5.59. The Kier molecular flexibility index (Phi) is 12.9. The Balaban J connectivity index is 0.00000676. The smallest absolute Gasteiger partial charge is 0.243 e. The molecule has 0 aliphatic heterocycles. The molecule has 0 heterocycles. The summed E-state index contributed by atoms with van der Waals surface area (Å²) in [4.78, 5) is 17.5. The van der Waals surface area contributed by atoms with Crippen LogP contribution in [0.1, 0.15) is 31.9 Å². The number of hydrogen-bond acceptors (Lipinski definition) is 3. The fraction of sp³-hybridized carbons (Fsp3) is 0.556. The van der Waals surface area contributed by atoms with Crippen LogP contribution in [0.4, 0.5) is 8.78 Å². The van der Waals surface area contributed by atoms with Crippen LogP contribution < -0.4 is 10.6 Å². The second-order valence-corrected chi connectivity index (χ2v) is 5.97. The van der Waals surface area contributed by atoms with E-state index in [4.69, 9.17) is 4.74 Å². The molecule has 2 N–H and O–H groups in total. The molecule has 9 heteroatoms. The van der Waals surface area contributed by atoms with Crippen LogP contribution in [0.15, 0.2) is 23.2 Å². The summed E-state index contributed by atoms with van der Waals surface area (Å²) in [5.41, 5.74) is 0.576. The van der Waals surface area contributed by atoms with Crippen molar-refractivity contribution >= 4 is 35.8 Å². The SMILES string of the molecule is CCOCCCNC(=NCC(=O)N(C)C)NC(C)c1ccc(F)c(F)c1.I. The maximum atomic E-state index is 13.4. The molecule has 1 aromatic carbocycles. The second kappa shape index (κ2) is 13.6. The summed E-state index contributed by atoms with van der Waals surface area (Å²) in [5, 5.41) is 6.22. The van der Waals surface area contributed by atoms with Gasteiger partial charge in [0.05, 0.1) is 6.04 Å². The molecule has 0 aromatic heterocycles. The highest BCUT2D eigenvalue weighted by molar-refractivity contribution is 14.0. The first-order chi connectivity index (χ1) is 12.3. The van der Waals surface area contributed by atoms with Gasteiger partial charge in [0.1, 0.15) is 6.54 Å². The molecule has 0 fully saturated rings. The van der Waals surface area contributed by atoms with E-state index in [1.165, 1.54) is 11.0 Å². The third kappa shape index (κ3) is 9.85. The quantitative estimate of drug-likeness (QED) is 0.238. The molecule has 1 rings (SSSR count). The van der Waals surface area contributed by atoms with E-state index in [2.05, 4.69) is 15.6 Å². The third-order valence-electron chi connectivity index (χ3n) is 3.63. The topological polar surface area (TPSA) is 66.0 Å². The fourth-order valence-corrected chi connectivity index (χ4v) is 2.04. The zero-order chi connectivity index (χ0) is 19.5. The minimum absolute atomic E-state index is 0. The first-order valence-electron chi connectivity index (χ1n) is 8.62. The molecular formula is C18H29F2IN4O2. The van der Waals surface area contributed by atoms with E-state index < -0.39 is 11.6 Å². The van der Waals surface area contributed by atoms with Crippen LogP contribution in [0, 0.1) is 11.6 Å². The summed E-state index contributed by atoms with van der Waals surface area (Å²) < 4.78 is 31.8. The van der Waals surface area contributed by atoms with Crippen molar-refractivity contribution in [1.29, 1.82) is 0 Å². The molecule has 0 bridgehead atoms. The summed E-state index contributed by atoms with van der Waals surface area (Å²) in [6, 6.07) is 3.42. The molecular weight excluding hydrogens is 469 g/mol. The van der Waals surface area contributed by atoms with Gasteiger partial charge in [0.2, 0.25) is 5.91 Å². The number of hydrogen-bond donors (Lipinski definition) is 2. The van der Waals surface area contributed by atoms with Crippen LogP contribution in [-0.4, -0.2) is 57.2 Å². The lowest BCUT2D eigenvalue weighted by molar-refractivity contribution is -0.127. The molecule has 0 saturated heterocycles. The number of benzene rings is 1. The summed E-state index contributed by atoms with van der Waals surface area (Å²) in [6.07, 6.45) is 0.774. The predicted octanol–water partition coefficient (Wildman–Crippen LogP) is 2.69. The van der Waals surface area contributed by atoms with E-state index in [0.29, 0.717) is 31.3 Å². The predicted molar refractivity (Wildman–Crippen MR) is 113 cm³/mol. The molecule has 1 atom stereocenters. The van der Waals surface area contributed by atoms with Gasteiger partial charge in [-0.15, -0.1) is 24.0 Å². The lowest BCUT2D eigenvalue weighted by Crippen LogP contribution is -2.40.